The van der Waals surface area contributed by atoms with E-state index in [1.807, 2.05) is 19.2 Å². The van der Waals surface area contributed by atoms with Gasteiger partial charge in [-0.1, -0.05) is 12.1 Å². The fraction of sp³-hybridized carbons (Fsp3) is 0.286. The number of nitrogens with one attached hydrogen (secondary N) is 1. The van der Waals surface area contributed by atoms with Gasteiger partial charge < -0.3 is 10.1 Å². The molecule has 0 aliphatic carbocycles. The third kappa shape index (κ3) is 3.34. The zero-order chi connectivity index (χ0) is 13.0. The van der Waals surface area contributed by atoms with Gasteiger partial charge in [0.2, 0.25) is 0 Å². The minimum atomic E-state index is 0.341. The van der Waals surface area contributed by atoms with Gasteiger partial charge in [0.25, 0.3) is 0 Å². The molecule has 2 nitrogen and oxygen atoms in total. The molecule has 0 spiro atoms. The van der Waals surface area contributed by atoms with Crippen molar-refractivity contribution in [3.05, 3.63) is 50.6 Å². The molecule has 2 aromatic rings. The minimum absolute atomic E-state index is 0.341. The Hall–Kier alpha value is -0.840. The molecule has 2 rings (SSSR count). The second kappa shape index (κ2) is 6.36. The van der Waals surface area contributed by atoms with Crippen LogP contribution in [0.1, 0.15) is 16.5 Å². The van der Waals surface area contributed by atoms with E-state index >= 15 is 0 Å². The summed E-state index contributed by atoms with van der Waals surface area (Å²) in [6, 6.07) is 12.8. The maximum atomic E-state index is 5.25. The van der Waals surface area contributed by atoms with Crippen molar-refractivity contribution in [1.29, 1.82) is 0 Å². The number of benzene rings is 1. The first-order valence-corrected chi connectivity index (χ1v) is 7.39. The summed E-state index contributed by atoms with van der Waals surface area (Å²) in [7, 11) is 3.70. The van der Waals surface area contributed by atoms with E-state index in [1.165, 1.54) is 14.2 Å². The predicted octanol–water partition coefficient (Wildman–Crippen LogP) is 4.02. The van der Waals surface area contributed by atoms with Crippen molar-refractivity contribution in [2.75, 3.05) is 14.2 Å². The van der Waals surface area contributed by atoms with E-state index < -0.39 is 0 Å². The van der Waals surface area contributed by atoms with Gasteiger partial charge in [0, 0.05) is 10.9 Å². The van der Waals surface area contributed by atoms with E-state index in [0.29, 0.717) is 6.04 Å². The number of ether oxygens (including phenoxy) is 1. The van der Waals surface area contributed by atoms with Crippen molar-refractivity contribution in [3.8, 4) is 5.75 Å². The normalized spacial score (nSPS) is 12.4. The molecule has 0 aliphatic heterocycles. The highest BCUT2D eigenvalue weighted by atomic mass is 79.9. The quantitative estimate of drug-likeness (QED) is 0.896. The Morgan fingerprint density at radius 3 is 2.78 bits per heavy atom. The lowest BCUT2D eigenvalue weighted by Crippen LogP contribution is -2.17. The van der Waals surface area contributed by atoms with Crippen molar-refractivity contribution < 1.29 is 4.74 Å². The first-order chi connectivity index (χ1) is 8.72. The molecule has 0 saturated heterocycles. The summed E-state index contributed by atoms with van der Waals surface area (Å²) in [5.41, 5.74) is 1.28. The molecular weight excluding hydrogens is 310 g/mol. The van der Waals surface area contributed by atoms with Crippen LogP contribution in [-0.4, -0.2) is 14.2 Å². The predicted molar refractivity (Wildman–Crippen MR) is 80.5 cm³/mol. The van der Waals surface area contributed by atoms with E-state index in [9.17, 15) is 0 Å². The van der Waals surface area contributed by atoms with Gasteiger partial charge in [0.05, 0.1) is 10.9 Å². The van der Waals surface area contributed by atoms with Crippen molar-refractivity contribution in [2.24, 2.45) is 0 Å². The van der Waals surface area contributed by atoms with E-state index in [4.69, 9.17) is 4.74 Å². The monoisotopic (exact) mass is 325 g/mol. The number of halogens is 1. The molecule has 0 amide bonds. The van der Waals surface area contributed by atoms with Gasteiger partial charge in [0.1, 0.15) is 5.75 Å². The molecule has 1 unspecified atom stereocenters. The topological polar surface area (TPSA) is 21.3 Å². The zero-order valence-electron chi connectivity index (χ0n) is 10.4. The van der Waals surface area contributed by atoms with Crippen LogP contribution in [0.4, 0.5) is 0 Å². The third-order valence-corrected chi connectivity index (χ3v) is 4.60. The highest BCUT2D eigenvalue weighted by Gasteiger charge is 2.12. The van der Waals surface area contributed by atoms with Gasteiger partial charge >= 0.3 is 0 Å². The molecule has 0 fully saturated rings. The fourth-order valence-corrected chi connectivity index (χ4v) is 3.43. The van der Waals surface area contributed by atoms with Gasteiger partial charge in [-0.3, -0.25) is 0 Å². The standard InChI is InChI=1S/C14H16BrNOS/c1-16-12(13-6-7-14(15)18-13)9-10-4-3-5-11(8-10)17-2/h3-8,12,16H,9H2,1-2H3. The number of thiophene rings is 1. The number of hydrogen-bond donors (Lipinski definition) is 1. The Morgan fingerprint density at radius 1 is 1.33 bits per heavy atom. The minimum Gasteiger partial charge on any atom is -0.497 e. The molecule has 0 saturated carbocycles. The number of rotatable bonds is 5. The maximum absolute atomic E-state index is 5.25. The summed E-state index contributed by atoms with van der Waals surface area (Å²) in [4.78, 5) is 1.34. The zero-order valence-corrected chi connectivity index (χ0v) is 12.8. The first-order valence-electron chi connectivity index (χ1n) is 5.78. The molecule has 0 aliphatic rings. The van der Waals surface area contributed by atoms with Gasteiger partial charge in [-0.25, -0.2) is 0 Å². The first kappa shape index (κ1) is 13.6. The molecule has 1 N–H and O–H groups in total. The van der Waals surface area contributed by atoms with Crippen LogP contribution in [0.5, 0.6) is 5.75 Å². The maximum Gasteiger partial charge on any atom is 0.119 e. The van der Waals surface area contributed by atoms with Crippen LogP contribution in [0, 0.1) is 0 Å². The Morgan fingerprint density at radius 2 is 2.17 bits per heavy atom. The molecule has 0 radical (unpaired) electrons. The van der Waals surface area contributed by atoms with Crippen LogP contribution in [0.25, 0.3) is 0 Å². The van der Waals surface area contributed by atoms with E-state index in [0.717, 1.165) is 12.2 Å². The summed E-state index contributed by atoms with van der Waals surface area (Å²) in [5.74, 6) is 0.912. The highest BCUT2D eigenvalue weighted by molar-refractivity contribution is 9.11. The van der Waals surface area contributed by atoms with Gasteiger partial charge in [-0.2, -0.15) is 0 Å². The summed E-state index contributed by atoms with van der Waals surface area (Å²) < 4.78 is 6.42. The number of likely N-dealkylation sites (N-methyl/N-ethyl adjacent to an activating group) is 1. The molecule has 1 aromatic heterocycles. The van der Waals surface area contributed by atoms with E-state index in [2.05, 4.69) is 45.5 Å². The van der Waals surface area contributed by atoms with Gasteiger partial charge in [-0.15, -0.1) is 11.3 Å². The van der Waals surface area contributed by atoms with Crippen molar-refractivity contribution in [1.82, 2.24) is 5.32 Å². The lowest BCUT2D eigenvalue weighted by molar-refractivity contribution is 0.414. The lowest BCUT2D eigenvalue weighted by atomic mass is 10.0. The Bertz CT molecular complexity index is 512. The molecule has 18 heavy (non-hydrogen) atoms. The van der Waals surface area contributed by atoms with Crippen LogP contribution in [0.2, 0.25) is 0 Å². The molecule has 4 heteroatoms. The average Bonchev–Trinajstić information content (AvgIpc) is 2.82. The second-order valence-electron chi connectivity index (χ2n) is 4.04. The van der Waals surface area contributed by atoms with Crippen LogP contribution in [0.15, 0.2) is 40.2 Å². The van der Waals surface area contributed by atoms with Crippen LogP contribution < -0.4 is 10.1 Å². The smallest absolute Gasteiger partial charge is 0.119 e. The lowest BCUT2D eigenvalue weighted by Gasteiger charge is -2.15. The van der Waals surface area contributed by atoms with Crippen LogP contribution in [0.3, 0.4) is 0 Å². The van der Waals surface area contributed by atoms with Gasteiger partial charge in [0.15, 0.2) is 0 Å². The number of hydrogen-bond acceptors (Lipinski definition) is 3. The average molecular weight is 326 g/mol. The Balaban J connectivity index is 2.14. The molecule has 1 atom stereocenters. The summed E-state index contributed by atoms with van der Waals surface area (Å²) in [6.45, 7) is 0. The second-order valence-corrected chi connectivity index (χ2v) is 6.53. The largest absolute Gasteiger partial charge is 0.497 e. The number of methoxy groups -OCH3 is 1. The van der Waals surface area contributed by atoms with Crippen molar-refractivity contribution >= 4 is 27.3 Å². The third-order valence-electron chi connectivity index (χ3n) is 2.86. The molecular formula is C14H16BrNOS. The summed E-state index contributed by atoms with van der Waals surface area (Å²) >= 11 is 5.28. The van der Waals surface area contributed by atoms with Crippen molar-refractivity contribution in [3.63, 3.8) is 0 Å². The SMILES string of the molecule is CNC(Cc1cccc(OC)c1)c1ccc(Br)s1. The summed E-state index contributed by atoms with van der Waals surface area (Å²) in [5, 5.41) is 3.37. The highest BCUT2D eigenvalue weighted by Crippen LogP contribution is 2.29. The van der Waals surface area contributed by atoms with E-state index in [1.54, 1.807) is 18.4 Å². The van der Waals surface area contributed by atoms with Gasteiger partial charge in [-0.05, 0) is 59.2 Å². The van der Waals surface area contributed by atoms with E-state index in [-0.39, 0.29) is 0 Å². The molecule has 96 valence electrons. The summed E-state index contributed by atoms with van der Waals surface area (Å²) in [6.07, 6.45) is 0.959. The Kier molecular flexibility index (Phi) is 4.80. The van der Waals surface area contributed by atoms with Crippen LogP contribution in [-0.2, 0) is 6.42 Å². The van der Waals surface area contributed by atoms with Crippen molar-refractivity contribution in [2.45, 2.75) is 12.5 Å². The molecule has 1 aromatic carbocycles. The Labute approximate surface area is 120 Å². The van der Waals surface area contributed by atoms with Crippen LogP contribution >= 0.6 is 27.3 Å². The molecule has 1 heterocycles. The fourth-order valence-electron chi connectivity index (χ4n) is 1.90. The molecule has 0 bridgehead atoms.